The largest absolute Gasteiger partial charge is 0.504 e. The first-order valence-electron chi connectivity index (χ1n) is 7.49. The summed E-state index contributed by atoms with van der Waals surface area (Å²) in [5.74, 6) is -0.430. The molecule has 7 heteroatoms. The molecule has 0 aliphatic heterocycles. The highest BCUT2D eigenvalue weighted by atomic mass is 127. The molecule has 0 saturated heterocycles. The molecule has 0 unspecified atom stereocenters. The normalized spacial score (nSPS) is 11.1. The number of thiocarbonyl (C=S) groups is 1. The predicted octanol–water partition coefficient (Wildman–Crippen LogP) is 5.07. The number of hydrogen-bond donors (Lipinski definition) is 3. The number of halogens is 2. The lowest BCUT2D eigenvalue weighted by atomic mass is 9.87. The molecule has 0 aliphatic carbocycles. The van der Waals surface area contributed by atoms with E-state index in [0.717, 1.165) is 9.13 Å². The highest BCUT2D eigenvalue weighted by Crippen LogP contribution is 2.37. The molecule has 132 valence electrons. The van der Waals surface area contributed by atoms with Gasteiger partial charge in [-0.15, -0.1) is 0 Å². The lowest BCUT2D eigenvalue weighted by molar-refractivity contribution is 0.0977. The summed E-state index contributed by atoms with van der Waals surface area (Å²) in [6, 6.07) is 10.7. The molecule has 4 nitrogen and oxygen atoms in total. The molecular weight excluding hydrogens is 471 g/mol. The zero-order chi connectivity index (χ0) is 18.8. The van der Waals surface area contributed by atoms with Crippen molar-refractivity contribution in [1.29, 1.82) is 0 Å². The molecule has 2 aromatic rings. The van der Waals surface area contributed by atoms with Crippen molar-refractivity contribution in [2.75, 3.05) is 5.32 Å². The van der Waals surface area contributed by atoms with Gasteiger partial charge in [0.15, 0.2) is 10.9 Å². The SMILES string of the molecule is CC(C)(C)c1cc(Cl)c(O)c(NC(=S)NC(=O)c2ccccc2I)c1. The summed E-state index contributed by atoms with van der Waals surface area (Å²) in [7, 11) is 0. The lowest BCUT2D eigenvalue weighted by Crippen LogP contribution is -2.34. The number of carbonyl (C=O) groups excluding carboxylic acids is 1. The second-order valence-electron chi connectivity index (χ2n) is 6.49. The van der Waals surface area contributed by atoms with Gasteiger partial charge < -0.3 is 10.4 Å². The first-order valence-corrected chi connectivity index (χ1v) is 9.36. The first kappa shape index (κ1) is 19.9. The first-order chi connectivity index (χ1) is 11.6. The Bertz CT molecular complexity index is 834. The molecule has 3 N–H and O–H groups in total. The average Bonchev–Trinajstić information content (AvgIpc) is 2.50. The molecular formula is C18H18ClIN2O2S. The standard InChI is InChI=1S/C18H18ClIN2O2S/c1-18(2,3)10-8-12(19)15(23)14(9-10)21-17(25)22-16(24)11-6-4-5-7-13(11)20/h4-9,23H,1-3H3,(H2,21,22,24,25). The fourth-order valence-corrected chi connectivity index (χ4v) is 3.15. The topological polar surface area (TPSA) is 61.4 Å². The number of phenols is 1. The molecule has 0 atom stereocenters. The number of hydrogen-bond acceptors (Lipinski definition) is 3. The Labute approximate surface area is 171 Å². The Hall–Kier alpha value is -1.38. The molecule has 0 aliphatic rings. The van der Waals surface area contributed by atoms with Gasteiger partial charge in [0.1, 0.15) is 0 Å². The van der Waals surface area contributed by atoms with Crippen LogP contribution in [0.5, 0.6) is 5.75 Å². The van der Waals surface area contributed by atoms with E-state index in [2.05, 4.69) is 33.2 Å². The van der Waals surface area contributed by atoms with E-state index in [1.54, 1.807) is 24.3 Å². The van der Waals surface area contributed by atoms with Crippen LogP contribution in [0.1, 0.15) is 36.7 Å². The number of aromatic hydroxyl groups is 1. The van der Waals surface area contributed by atoms with Gasteiger partial charge in [0.2, 0.25) is 0 Å². The minimum absolute atomic E-state index is 0.0853. The molecule has 0 saturated carbocycles. The van der Waals surface area contributed by atoms with Crippen LogP contribution >= 0.6 is 46.4 Å². The third-order valence-corrected chi connectivity index (χ3v) is 4.96. The average molecular weight is 489 g/mol. The summed E-state index contributed by atoms with van der Waals surface area (Å²) >= 11 is 13.4. The predicted molar refractivity (Wildman–Crippen MR) is 115 cm³/mol. The molecule has 1 amide bonds. The summed E-state index contributed by atoms with van der Waals surface area (Å²) in [5.41, 5.74) is 1.66. The van der Waals surface area contributed by atoms with Gasteiger partial charge in [0.25, 0.3) is 5.91 Å². The van der Waals surface area contributed by atoms with Gasteiger partial charge in [-0.3, -0.25) is 10.1 Å². The van der Waals surface area contributed by atoms with Gasteiger partial charge in [-0.1, -0.05) is 44.5 Å². The lowest BCUT2D eigenvalue weighted by Gasteiger charge is -2.21. The maximum absolute atomic E-state index is 12.3. The maximum atomic E-state index is 12.3. The Morgan fingerprint density at radius 3 is 2.48 bits per heavy atom. The van der Waals surface area contributed by atoms with E-state index < -0.39 is 0 Å². The quantitative estimate of drug-likeness (QED) is 0.314. The smallest absolute Gasteiger partial charge is 0.258 e. The minimum atomic E-state index is -0.319. The zero-order valence-electron chi connectivity index (χ0n) is 14.0. The molecule has 2 rings (SSSR count). The Kier molecular flexibility index (Phi) is 6.29. The van der Waals surface area contributed by atoms with E-state index in [-0.39, 0.29) is 27.2 Å². The van der Waals surface area contributed by atoms with Gasteiger partial charge in [0, 0.05) is 3.57 Å². The molecule has 25 heavy (non-hydrogen) atoms. The number of nitrogens with one attached hydrogen (secondary N) is 2. The van der Waals surface area contributed by atoms with Crippen LogP contribution in [0.3, 0.4) is 0 Å². The van der Waals surface area contributed by atoms with Crippen molar-refractivity contribution in [3.05, 3.63) is 56.1 Å². The van der Waals surface area contributed by atoms with Gasteiger partial charge in [-0.05, 0) is 70.1 Å². The van der Waals surface area contributed by atoms with Crippen molar-refractivity contribution in [3.63, 3.8) is 0 Å². The van der Waals surface area contributed by atoms with E-state index >= 15 is 0 Å². The number of rotatable bonds is 2. The fourth-order valence-electron chi connectivity index (χ4n) is 2.10. The monoisotopic (exact) mass is 488 g/mol. The Morgan fingerprint density at radius 2 is 1.88 bits per heavy atom. The highest BCUT2D eigenvalue weighted by molar-refractivity contribution is 14.1. The van der Waals surface area contributed by atoms with E-state index in [9.17, 15) is 9.90 Å². The van der Waals surface area contributed by atoms with Crippen molar-refractivity contribution in [2.45, 2.75) is 26.2 Å². The molecule has 0 bridgehead atoms. The van der Waals surface area contributed by atoms with Gasteiger partial charge >= 0.3 is 0 Å². The third-order valence-electron chi connectivity index (χ3n) is 3.52. The molecule has 0 fully saturated rings. The van der Waals surface area contributed by atoms with Gasteiger partial charge in [-0.25, -0.2) is 0 Å². The maximum Gasteiger partial charge on any atom is 0.258 e. The van der Waals surface area contributed by atoms with Crippen molar-refractivity contribution >= 4 is 63.1 Å². The number of phenolic OH excluding ortho intramolecular Hbond substituents is 1. The number of amides is 1. The van der Waals surface area contributed by atoms with Crippen LogP contribution in [-0.4, -0.2) is 16.1 Å². The number of benzene rings is 2. The van der Waals surface area contributed by atoms with Crippen LogP contribution < -0.4 is 10.6 Å². The van der Waals surface area contributed by atoms with Crippen LogP contribution in [-0.2, 0) is 5.41 Å². The number of carbonyl (C=O) groups is 1. The zero-order valence-corrected chi connectivity index (χ0v) is 17.7. The summed E-state index contributed by atoms with van der Waals surface area (Å²) in [6.07, 6.45) is 0. The molecule has 2 aromatic carbocycles. The van der Waals surface area contributed by atoms with Crippen molar-refractivity contribution in [1.82, 2.24) is 5.32 Å². The van der Waals surface area contributed by atoms with Gasteiger partial charge in [0.05, 0.1) is 16.3 Å². The summed E-state index contributed by atoms with van der Waals surface area (Å²) in [5, 5.41) is 15.9. The van der Waals surface area contributed by atoms with Crippen LogP contribution in [0.25, 0.3) is 0 Å². The van der Waals surface area contributed by atoms with Crippen LogP contribution in [0.2, 0.25) is 5.02 Å². The van der Waals surface area contributed by atoms with Crippen LogP contribution in [0.4, 0.5) is 5.69 Å². The van der Waals surface area contributed by atoms with Crippen LogP contribution in [0, 0.1) is 3.57 Å². The third kappa shape index (κ3) is 5.05. The van der Waals surface area contributed by atoms with Gasteiger partial charge in [-0.2, -0.15) is 0 Å². The highest BCUT2D eigenvalue weighted by Gasteiger charge is 2.19. The second kappa shape index (κ2) is 7.88. The fraction of sp³-hybridized carbons (Fsp3) is 0.222. The van der Waals surface area contributed by atoms with E-state index in [1.807, 2.05) is 32.9 Å². The minimum Gasteiger partial charge on any atom is -0.504 e. The Balaban J connectivity index is 2.19. The molecule has 0 radical (unpaired) electrons. The molecule has 0 spiro atoms. The van der Waals surface area contributed by atoms with Crippen molar-refractivity contribution in [3.8, 4) is 5.75 Å². The summed E-state index contributed by atoms with van der Waals surface area (Å²) in [4.78, 5) is 12.3. The van der Waals surface area contributed by atoms with Crippen molar-refractivity contribution in [2.24, 2.45) is 0 Å². The Morgan fingerprint density at radius 1 is 1.24 bits per heavy atom. The van der Waals surface area contributed by atoms with Crippen LogP contribution in [0.15, 0.2) is 36.4 Å². The van der Waals surface area contributed by atoms with E-state index in [1.165, 1.54) is 0 Å². The molecule has 0 aromatic heterocycles. The van der Waals surface area contributed by atoms with E-state index in [4.69, 9.17) is 23.8 Å². The van der Waals surface area contributed by atoms with Crippen molar-refractivity contribution < 1.29 is 9.90 Å². The summed E-state index contributed by atoms with van der Waals surface area (Å²) in [6.45, 7) is 6.12. The molecule has 0 heterocycles. The van der Waals surface area contributed by atoms with E-state index in [0.29, 0.717) is 11.3 Å². The number of anilines is 1. The second-order valence-corrected chi connectivity index (χ2v) is 8.47. The summed E-state index contributed by atoms with van der Waals surface area (Å²) < 4.78 is 0.820.